The molecule has 0 bridgehead atoms. The summed E-state index contributed by atoms with van der Waals surface area (Å²) in [6, 6.07) is 5.88. The Morgan fingerprint density at radius 3 is 2.87 bits per heavy atom. The van der Waals surface area contributed by atoms with Gasteiger partial charge < -0.3 is 5.32 Å². The van der Waals surface area contributed by atoms with Gasteiger partial charge in [0.25, 0.3) is 0 Å². The average molecular weight is 267 g/mol. The van der Waals surface area contributed by atoms with Crippen molar-refractivity contribution in [2.45, 2.75) is 6.54 Å². The minimum Gasteiger partial charge on any atom is -0.363 e. The molecule has 0 fully saturated rings. The van der Waals surface area contributed by atoms with Gasteiger partial charge in [-0.15, -0.1) is 0 Å². The molecule has 5 heteroatoms. The second kappa shape index (κ2) is 4.44. The zero-order valence-electron chi connectivity index (χ0n) is 8.31. The Labute approximate surface area is 96.5 Å². The molecule has 0 unspecified atom stereocenters. The normalized spacial score (nSPS) is 10.3. The van der Waals surface area contributed by atoms with Gasteiger partial charge in [0, 0.05) is 30.0 Å². The number of pyridine rings is 1. The third-order valence-electron chi connectivity index (χ3n) is 1.95. The molecule has 0 radical (unpaired) electrons. The summed E-state index contributed by atoms with van der Waals surface area (Å²) in [6.07, 6.45) is 3.69. The molecule has 78 valence electrons. The first-order valence-corrected chi connectivity index (χ1v) is 5.37. The van der Waals surface area contributed by atoms with Crippen LogP contribution in [0.3, 0.4) is 0 Å². The van der Waals surface area contributed by atoms with Crippen LogP contribution in [0.25, 0.3) is 0 Å². The Kier molecular flexibility index (Phi) is 3.01. The van der Waals surface area contributed by atoms with Crippen LogP contribution in [0.1, 0.15) is 5.69 Å². The summed E-state index contributed by atoms with van der Waals surface area (Å²) in [4.78, 5) is 4.26. The minimum absolute atomic E-state index is 0.685. The van der Waals surface area contributed by atoms with Gasteiger partial charge in [0.15, 0.2) is 0 Å². The predicted octanol–water partition coefficient (Wildman–Crippen LogP) is 2.19. The lowest BCUT2D eigenvalue weighted by molar-refractivity contribution is 0.768. The Morgan fingerprint density at radius 1 is 1.40 bits per heavy atom. The van der Waals surface area contributed by atoms with Crippen molar-refractivity contribution >= 4 is 21.7 Å². The number of nitrogens with one attached hydrogen (secondary N) is 1. The van der Waals surface area contributed by atoms with E-state index in [9.17, 15) is 0 Å². The molecule has 0 spiro atoms. The van der Waals surface area contributed by atoms with Crippen LogP contribution in [0.15, 0.2) is 35.1 Å². The van der Waals surface area contributed by atoms with Crippen LogP contribution >= 0.6 is 15.9 Å². The van der Waals surface area contributed by atoms with Gasteiger partial charge in [-0.25, -0.2) is 0 Å². The Bertz CT molecular complexity index is 435. The molecule has 4 nitrogen and oxygen atoms in total. The first-order valence-electron chi connectivity index (χ1n) is 4.58. The molecule has 2 rings (SSSR count). The number of hydrogen-bond acceptors (Lipinski definition) is 3. The van der Waals surface area contributed by atoms with Gasteiger partial charge in [-0.2, -0.15) is 5.10 Å². The van der Waals surface area contributed by atoms with Crippen molar-refractivity contribution in [2.24, 2.45) is 7.05 Å². The van der Waals surface area contributed by atoms with Crippen LogP contribution in [-0.4, -0.2) is 14.8 Å². The first kappa shape index (κ1) is 10.2. The fourth-order valence-corrected chi connectivity index (χ4v) is 1.44. The lowest BCUT2D eigenvalue weighted by atomic mass is 10.3. The van der Waals surface area contributed by atoms with Crippen molar-refractivity contribution in [2.75, 3.05) is 5.32 Å². The Morgan fingerprint density at radius 2 is 2.27 bits per heavy atom. The maximum Gasteiger partial charge on any atom is 0.148 e. The van der Waals surface area contributed by atoms with E-state index in [0.717, 1.165) is 16.0 Å². The second-order valence-electron chi connectivity index (χ2n) is 3.20. The number of aromatic nitrogens is 3. The highest BCUT2D eigenvalue weighted by molar-refractivity contribution is 9.10. The van der Waals surface area contributed by atoms with Crippen molar-refractivity contribution in [1.29, 1.82) is 0 Å². The van der Waals surface area contributed by atoms with Crippen LogP contribution in [0.5, 0.6) is 0 Å². The maximum absolute atomic E-state index is 4.26. The lowest BCUT2D eigenvalue weighted by Crippen LogP contribution is -2.02. The van der Waals surface area contributed by atoms with Gasteiger partial charge in [-0.05, 0) is 28.1 Å². The highest BCUT2D eigenvalue weighted by Crippen LogP contribution is 2.09. The van der Waals surface area contributed by atoms with Gasteiger partial charge >= 0.3 is 0 Å². The molecule has 0 aromatic carbocycles. The standard InChI is InChI=1S/C10H11BrN4/c1-15-5-4-10(14-15)13-7-9-3-2-8(11)6-12-9/h2-6H,7H2,1H3,(H,13,14). The summed E-state index contributed by atoms with van der Waals surface area (Å²) in [5.41, 5.74) is 0.990. The SMILES string of the molecule is Cn1ccc(NCc2ccc(Br)cn2)n1. The molecule has 0 atom stereocenters. The number of halogens is 1. The first-order chi connectivity index (χ1) is 7.24. The molecule has 2 aromatic heterocycles. The molecular weight excluding hydrogens is 256 g/mol. The fraction of sp³-hybridized carbons (Fsp3) is 0.200. The van der Waals surface area contributed by atoms with E-state index in [1.165, 1.54) is 0 Å². The zero-order valence-corrected chi connectivity index (χ0v) is 9.90. The summed E-state index contributed by atoms with van der Waals surface area (Å²) < 4.78 is 2.75. The molecule has 0 amide bonds. The molecule has 0 aliphatic rings. The van der Waals surface area contributed by atoms with Crippen molar-refractivity contribution in [3.05, 3.63) is 40.8 Å². The topological polar surface area (TPSA) is 42.7 Å². The van der Waals surface area contributed by atoms with Gasteiger partial charge in [-0.1, -0.05) is 0 Å². The molecule has 0 aliphatic carbocycles. The third-order valence-corrected chi connectivity index (χ3v) is 2.42. The monoisotopic (exact) mass is 266 g/mol. The van der Waals surface area contributed by atoms with E-state index in [-0.39, 0.29) is 0 Å². The van der Waals surface area contributed by atoms with Crippen LogP contribution in [0.4, 0.5) is 5.82 Å². The number of aryl methyl sites for hydroxylation is 1. The van der Waals surface area contributed by atoms with Crippen molar-refractivity contribution in [3.63, 3.8) is 0 Å². The quantitative estimate of drug-likeness (QED) is 0.926. The third kappa shape index (κ3) is 2.79. The largest absolute Gasteiger partial charge is 0.363 e. The molecule has 1 N–H and O–H groups in total. The average Bonchev–Trinajstić information content (AvgIpc) is 2.64. The van der Waals surface area contributed by atoms with E-state index in [0.29, 0.717) is 6.54 Å². The van der Waals surface area contributed by atoms with E-state index in [1.54, 1.807) is 10.9 Å². The van der Waals surface area contributed by atoms with E-state index in [2.05, 4.69) is 31.3 Å². The maximum atomic E-state index is 4.26. The van der Waals surface area contributed by atoms with Crippen molar-refractivity contribution in [3.8, 4) is 0 Å². The summed E-state index contributed by atoms with van der Waals surface area (Å²) in [6.45, 7) is 0.685. The molecule has 0 saturated carbocycles. The van der Waals surface area contributed by atoms with E-state index in [4.69, 9.17) is 0 Å². The van der Waals surface area contributed by atoms with Crippen molar-refractivity contribution in [1.82, 2.24) is 14.8 Å². The number of nitrogens with zero attached hydrogens (tertiary/aromatic N) is 3. The summed E-state index contributed by atoms with van der Waals surface area (Å²) in [5, 5.41) is 7.40. The number of hydrogen-bond donors (Lipinski definition) is 1. The highest BCUT2D eigenvalue weighted by Gasteiger charge is 1.97. The van der Waals surface area contributed by atoms with Crippen molar-refractivity contribution < 1.29 is 0 Å². The summed E-state index contributed by atoms with van der Waals surface area (Å²) >= 11 is 3.35. The van der Waals surface area contributed by atoms with Crippen LogP contribution in [0, 0.1) is 0 Å². The molecule has 2 heterocycles. The molecule has 2 aromatic rings. The highest BCUT2D eigenvalue weighted by atomic mass is 79.9. The van der Waals surface area contributed by atoms with Gasteiger partial charge in [-0.3, -0.25) is 9.67 Å². The fourth-order valence-electron chi connectivity index (χ4n) is 1.20. The van der Waals surface area contributed by atoms with Crippen LogP contribution < -0.4 is 5.32 Å². The smallest absolute Gasteiger partial charge is 0.148 e. The number of anilines is 1. The van der Waals surface area contributed by atoms with E-state index < -0.39 is 0 Å². The van der Waals surface area contributed by atoms with E-state index in [1.807, 2.05) is 31.4 Å². The van der Waals surface area contributed by atoms with Crippen LogP contribution in [0.2, 0.25) is 0 Å². The molecule has 0 aliphatic heterocycles. The van der Waals surface area contributed by atoms with E-state index >= 15 is 0 Å². The lowest BCUT2D eigenvalue weighted by Gasteiger charge is -2.01. The minimum atomic E-state index is 0.685. The molecular formula is C10H11BrN4. The zero-order chi connectivity index (χ0) is 10.7. The Balaban J connectivity index is 1.96. The second-order valence-corrected chi connectivity index (χ2v) is 4.11. The van der Waals surface area contributed by atoms with Gasteiger partial charge in [0.05, 0.1) is 12.2 Å². The number of rotatable bonds is 3. The summed E-state index contributed by atoms with van der Waals surface area (Å²) in [7, 11) is 1.89. The Hall–Kier alpha value is -1.36. The van der Waals surface area contributed by atoms with Crippen LogP contribution in [-0.2, 0) is 13.6 Å². The predicted molar refractivity (Wildman–Crippen MR) is 62.5 cm³/mol. The van der Waals surface area contributed by atoms with Gasteiger partial charge in [0.1, 0.15) is 5.82 Å². The summed E-state index contributed by atoms with van der Waals surface area (Å²) in [5.74, 6) is 0.863. The molecule has 0 saturated heterocycles. The van der Waals surface area contributed by atoms with Gasteiger partial charge in [0.2, 0.25) is 0 Å². The molecule has 15 heavy (non-hydrogen) atoms.